The quantitative estimate of drug-likeness (QED) is 0.0237. The molecule has 147 heavy (non-hydrogen) atoms. The van der Waals surface area contributed by atoms with Crippen LogP contribution in [0, 0.1) is 53.0 Å². The Labute approximate surface area is 858 Å². The number of amides is 4. The molecule has 6 aliphatic rings. The van der Waals surface area contributed by atoms with E-state index in [1.165, 1.54) is 130 Å². The summed E-state index contributed by atoms with van der Waals surface area (Å²) < 4.78 is 166. The second-order valence-corrected chi connectivity index (χ2v) is 48.0. The maximum atomic E-state index is 14.6. The van der Waals surface area contributed by atoms with Gasteiger partial charge < -0.3 is 51.6 Å². The third-order valence-corrected chi connectivity index (χ3v) is 32.1. The molecular formula is C106H130F3N19O15S4. The zero-order valence-electron chi connectivity index (χ0n) is 85.4. The molecular weight excluding hydrogens is 1960 g/mol. The van der Waals surface area contributed by atoms with Gasteiger partial charge in [0.25, 0.3) is 63.7 Å². The molecule has 784 valence electrons. The molecule has 10 aromatic rings. The van der Waals surface area contributed by atoms with Crippen molar-refractivity contribution < 1.29 is 80.3 Å². The number of sulfonamides is 4. The summed E-state index contributed by atoms with van der Waals surface area (Å²) in [5, 5.41) is 2.81. The van der Waals surface area contributed by atoms with E-state index < -0.39 is 97.4 Å². The second-order valence-electron chi connectivity index (χ2n) is 41.4. The number of carbonyl (C=O) groups excluding carboxylic acids is 5. The number of aromatic nitrogens is 7. The van der Waals surface area contributed by atoms with Gasteiger partial charge in [0.1, 0.15) is 62.1 Å². The van der Waals surface area contributed by atoms with Crippen LogP contribution in [0.2, 0.25) is 0 Å². The number of piperidine rings is 1. The fourth-order valence-corrected chi connectivity index (χ4v) is 23.7. The molecule has 11 N–H and O–H groups in total. The van der Waals surface area contributed by atoms with Gasteiger partial charge in [-0.25, -0.2) is 79.4 Å². The highest BCUT2D eigenvalue weighted by atomic mass is 32.2. The zero-order valence-corrected chi connectivity index (χ0v) is 88.7. The zero-order chi connectivity index (χ0) is 107. The summed E-state index contributed by atoms with van der Waals surface area (Å²) in [5.41, 5.74) is 20.2. The number of nitrogens with zero attached hydrogens (tertiary/aromatic N) is 11. The fraction of sp³-hybridized carbons (Fsp3) is 0.415. The van der Waals surface area contributed by atoms with Crippen molar-refractivity contribution in [2.75, 3.05) is 76.3 Å². The van der Waals surface area contributed by atoms with Gasteiger partial charge in [0.2, 0.25) is 5.82 Å². The number of nitrogen functional groups attached to an aromatic ring is 2. The van der Waals surface area contributed by atoms with Crippen molar-refractivity contribution >= 4 is 110 Å². The topological polar surface area (TPSA) is 482 Å². The Kier molecular flexibility index (Phi) is 34.2. The van der Waals surface area contributed by atoms with Gasteiger partial charge >= 0.3 is 0 Å². The van der Waals surface area contributed by atoms with Gasteiger partial charge in [0, 0.05) is 102 Å². The number of anilines is 7. The van der Waals surface area contributed by atoms with E-state index in [2.05, 4.69) is 130 Å². The van der Waals surface area contributed by atoms with E-state index in [0.29, 0.717) is 102 Å². The van der Waals surface area contributed by atoms with Crippen molar-refractivity contribution in [3.8, 4) is 45.3 Å². The Bertz CT molecular complexity index is 7170. The van der Waals surface area contributed by atoms with E-state index in [9.17, 15) is 70.8 Å². The molecule has 5 atom stereocenters. The molecule has 41 heteroatoms. The lowest BCUT2D eigenvalue weighted by molar-refractivity contribution is -0.114. The molecule has 16 rings (SSSR count). The molecule has 2 unspecified atom stereocenters. The molecule has 34 nitrogen and oxygen atoms in total. The van der Waals surface area contributed by atoms with Gasteiger partial charge in [0.05, 0.1) is 53.1 Å². The molecule has 0 bridgehead atoms. The number of nitrogens with one attached hydrogen (secondary N) is 5. The van der Waals surface area contributed by atoms with Crippen LogP contribution >= 0.6 is 0 Å². The molecule has 5 fully saturated rings. The van der Waals surface area contributed by atoms with Crippen LogP contribution in [-0.2, 0) is 51.4 Å². The number of rotatable bonds is 27. The lowest BCUT2D eigenvalue weighted by atomic mass is 9.84. The van der Waals surface area contributed by atoms with Gasteiger partial charge in [-0.1, -0.05) is 103 Å². The summed E-state index contributed by atoms with van der Waals surface area (Å²) in [6, 6.07) is 38.6. The minimum atomic E-state index is -4.34. The molecule has 4 amide bonds. The first-order chi connectivity index (χ1) is 69.2. The number of carbonyl (C=O) groups is 5. The number of nitrogens with two attached hydrogens (primary N) is 3. The Balaban J connectivity index is 0.000000164. The monoisotopic (exact) mass is 2090 g/mol. The third kappa shape index (κ3) is 26.7. The van der Waals surface area contributed by atoms with Crippen LogP contribution < -0.4 is 70.5 Å². The van der Waals surface area contributed by atoms with Crippen LogP contribution in [-0.4, -0.2) is 166 Å². The number of methoxy groups -OCH3 is 1. The van der Waals surface area contributed by atoms with Crippen molar-refractivity contribution in [2.45, 2.75) is 224 Å². The van der Waals surface area contributed by atoms with Crippen LogP contribution in [0.5, 0.6) is 11.5 Å². The highest BCUT2D eigenvalue weighted by molar-refractivity contribution is 7.95. The molecule has 3 aromatic carbocycles. The normalized spacial score (nSPS) is 18.7. The number of pyridine rings is 7. The standard InChI is InChI=1S/C29H36FN5O4S.C26H37N5O3S.C26H30N4O4S.C25H27F2N5O4S/c1-18(2)17-39-22-14-20(13-21(30)15-22)24-10-9-23(27(32-24)35-16-19(3)11-12-29(35,4)5)28(36)34-40(37,38)26-8-6-7-25(31)33-26;1-18-16-26(3,4)31(17-18)24-21(12-9-15-27-24)25(32)30-35(33,34)23-14-8-13-22(29-23)28-19(2)20-10-6-5-7-11-20;1-17-14-26(2,3)30(16-17)24-20(11-12-21(28-24)19-8-6-7-18(13-19)15-27)25(32)29-35(33,34)23-10-5-4-9-22(23)31;1-14-12-25(2,3)32(13-14)23-16(24(33)31-37(34,35)20-6-5-9-29-22(20)28)7-8-18(30-23)15-10-17(26)21(27)19(11-15)36-4/h6-10,13-15,18-19H,11-12,16-17H2,1-5H3,(H2,31,33)(H,34,36);8-9,12-15,18-20H,5-7,10-11,16-17H2,1-4H3,(H,28,29)(H,30,32);4-8,10-13,17H,9,14-16,27H2,1-3H3,(H,29,32);5-11,14H,12-13H2,1-4H3,(H2,28,29)(H,31,33)/t;18?,19-;17-;14-/m.000/s1. The summed E-state index contributed by atoms with van der Waals surface area (Å²) in [7, 11) is -15.9. The number of Topliss-reactive ketones (excluding diaryl/α,β-unsaturated/α-hetero) is 1. The molecule has 4 saturated heterocycles. The Hall–Kier alpha value is -13.5. The predicted octanol–water partition coefficient (Wildman–Crippen LogP) is 16.7. The van der Waals surface area contributed by atoms with Crippen molar-refractivity contribution in [1.29, 1.82) is 0 Å². The summed E-state index contributed by atoms with van der Waals surface area (Å²) in [4.78, 5) is 103. The minimum Gasteiger partial charge on any atom is -0.494 e. The number of hydrogen-bond acceptors (Lipinski definition) is 30. The maximum Gasteiger partial charge on any atom is 0.281 e. The first-order valence-electron chi connectivity index (χ1n) is 48.9. The Morgan fingerprint density at radius 1 is 0.497 bits per heavy atom. The predicted molar refractivity (Wildman–Crippen MR) is 562 cm³/mol. The van der Waals surface area contributed by atoms with E-state index >= 15 is 0 Å². The highest BCUT2D eigenvalue weighted by Crippen LogP contribution is 2.45. The van der Waals surface area contributed by atoms with E-state index in [4.69, 9.17) is 36.6 Å². The van der Waals surface area contributed by atoms with Crippen LogP contribution in [0.25, 0.3) is 33.8 Å². The van der Waals surface area contributed by atoms with Crippen LogP contribution in [0.15, 0.2) is 202 Å². The van der Waals surface area contributed by atoms with E-state index in [1.54, 1.807) is 60.8 Å². The first kappa shape index (κ1) is 111. The molecule has 11 heterocycles. The molecule has 4 aliphatic heterocycles. The number of ketones is 1. The van der Waals surface area contributed by atoms with Gasteiger partial charge in [-0.15, -0.1) is 0 Å². The Morgan fingerprint density at radius 2 is 0.980 bits per heavy atom. The maximum absolute atomic E-state index is 14.6. The van der Waals surface area contributed by atoms with Gasteiger partial charge in [-0.05, 0) is 270 Å². The average molecular weight is 2100 g/mol. The third-order valence-electron chi connectivity index (χ3n) is 26.8. The smallest absolute Gasteiger partial charge is 0.281 e. The first-order valence-corrected chi connectivity index (χ1v) is 54.8. The average Bonchev–Trinajstić information content (AvgIpc) is 1.42. The van der Waals surface area contributed by atoms with Crippen molar-refractivity contribution in [3.05, 3.63) is 232 Å². The summed E-state index contributed by atoms with van der Waals surface area (Å²) in [6.07, 6.45) is 17.8. The highest BCUT2D eigenvalue weighted by Gasteiger charge is 2.45. The summed E-state index contributed by atoms with van der Waals surface area (Å²) in [5.74, 6) is -2.62. The van der Waals surface area contributed by atoms with E-state index in [-0.39, 0.29) is 113 Å². The van der Waals surface area contributed by atoms with Crippen molar-refractivity contribution in [2.24, 2.45) is 41.2 Å². The number of benzene rings is 3. The molecule has 1 saturated carbocycles. The van der Waals surface area contributed by atoms with Gasteiger partial charge in [-0.2, -0.15) is 21.2 Å². The molecule has 2 aliphatic carbocycles. The number of hydrogen-bond donors (Lipinski definition) is 8. The lowest BCUT2D eigenvalue weighted by Crippen LogP contribution is -2.51. The number of ether oxygens (including phenoxy) is 2. The summed E-state index contributed by atoms with van der Waals surface area (Å²) in [6.45, 7) is 34.5. The van der Waals surface area contributed by atoms with Crippen molar-refractivity contribution in [1.82, 2.24) is 53.8 Å². The fourth-order valence-electron chi connectivity index (χ4n) is 19.7. The van der Waals surface area contributed by atoms with Crippen molar-refractivity contribution in [3.63, 3.8) is 0 Å². The van der Waals surface area contributed by atoms with Gasteiger partial charge in [0.15, 0.2) is 27.4 Å². The molecule has 7 aromatic heterocycles. The van der Waals surface area contributed by atoms with E-state index in [0.717, 1.165) is 55.8 Å². The lowest BCUT2D eigenvalue weighted by Gasteiger charge is -2.46. The number of halogens is 3. The second kappa shape index (κ2) is 45.5. The number of allylic oxidation sites excluding steroid dienone is 4. The molecule has 0 radical (unpaired) electrons. The largest absolute Gasteiger partial charge is 0.494 e. The summed E-state index contributed by atoms with van der Waals surface area (Å²) >= 11 is 0. The van der Waals surface area contributed by atoms with E-state index in [1.807, 2.05) is 66.5 Å². The van der Waals surface area contributed by atoms with Crippen LogP contribution in [0.4, 0.5) is 53.9 Å². The molecule has 0 spiro atoms. The van der Waals surface area contributed by atoms with Crippen LogP contribution in [0.1, 0.15) is 221 Å². The minimum absolute atomic E-state index is 0.00786. The van der Waals surface area contributed by atoms with Crippen LogP contribution in [0.3, 0.4) is 0 Å². The SMILES string of the molecule is CC(C)COc1cc(F)cc(-c2ccc(C(=O)NS(=O)(=O)c3cccc(N)n3)c(N3CC(C)CCC3(C)C)n2)c1.CC1CN(c2ncccc2C(=O)NS(=O)(=O)c2cccc(N[C@@H](C)C3CCCCC3)n2)C(C)(C)C1.COc1cc(-c2ccc(C(=O)NS(=O)(=O)c3cccnc3N)c(N3C[C@@H](C)CC3(C)C)n2)cc(F)c1F.C[C@@H]1CN(c2nc(-c3cccc(CN)c3)ccc2C(=O)NS(=O)(=O)C2=CC=CCC2=O)C(C)(C)C1. The Morgan fingerprint density at radius 3 is 1.50 bits per heavy atom. The van der Waals surface area contributed by atoms with Gasteiger partial charge in [-0.3, -0.25) is 24.0 Å².